The van der Waals surface area contributed by atoms with Crippen molar-refractivity contribution in [1.82, 2.24) is 9.78 Å². The van der Waals surface area contributed by atoms with E-state index >= 15 is 0 Å². The van der Waals surface area contributed by atoms with Crippen LogP contribution in [0, 0.1) is 10.1 Å². The summed E-state index contributed by atoms with van der Waals surface area (Å²) in [6.07, 6.45) is 1.26. The highest BCUT2D eigenvalue weighted by molar-refractivity contribution is 6.32. The maximum atomic E-state index is 11.1. The Morgan fingerprint density at radius 3 is 2.74 bits per heavy atom. The molecule has 0 radical (unpaired) electrons. The molecule has 0 atom stereocenters. The first kappa shape index (κ1) is 13.8. The highest BCUT2D eigenvalue weighted by Crippen LogP contribution is 2.31. The minimum Gasteiger partial charge on any atom is -0.258 e. The molecule has 2 aromatic rings. The second-order valence-electron chi connectivity index (χ2n) is 3.98. The van der Waals surface area contributed by atoms with Crippen LogP contribution in [0.3, 0.4) is 0 Å². The normalized spacial score (nSPS) is 10.7. The lowest BCUT2D eigenvalue weighted by Gasteiger charge is -2.02. The Bertz CT molecular complexity index is 625. The second-order valence-corrected chi connectivity index (χ2v) is 4.78. The summed E-state index contributed by atoms with van der Waals surface area (Å²) in [7, 11) is 0. The van der Waals surface area contributed by atoms with E-state index in [0.29, 0.717) is 22.8 Å². The maximum absolute atomic E-state index is 11.1. The van der Waals surface area contributed by atoms with Gasteiger partial charge in [-0.05, 0) is 24.6 Å². The molecule has 0 aliphatic carbocycles. The smallest absolute Gasteiger partial charge is 0.258 e. The monoisotopic (exact) mass is 299 g/mol. The maximum Gasteiger partial charge on any atom is 0.329 e. The third-order valence-electron chi connectivity index (χ3n) is 2.60. The van der Waals surface area contributed by atoms with Gasteiger partial charge in [0.1, 0.15) is 5.69 Å². The summed E-state index contributed by atoms with van der Waals surface area (Å²) < 4.78 is 1.34. The third kappa shape index (κ3) is 2.72. The van der Waals surface area contributed by atoms with Gasteiger partial charge in [-0.25, -0.2) is 4.68 Å². The highest BCUT2D eigenvalue weighted by Gasteiger charge is 2.26. The fourth-order valence-corrected chi connectivity index (χ4v) is 2.29. The van der Waals surface area contributed by atoms with E-state index in [1.807, 2.05) is 6.92 Å². The molecule has 2 rings (SSSR count). The molecule has 0 unspecified atom stereocenters. The Balaban J connectivity index is 2.59. The van der Waals surface area contributed by atoms with Crippen LogP contribution in [0.4, 0.5) is 5.69 Å². The van der Waals surface area contributed by atoms with Crippen molar-refractivity contribution >= 4 is 28.9 Å². The first-order valence-electron chi connectivity index (χ1n) is 5.72. The van der Waals surface area contributed by atoms with E-state index in [-0.39, 0.29) is 10.8 Å². The van der Waals surface area contributed by atoms with E-state index in [1.165, 1.54) is 4.68 Å². The zero-order valence-electron chi connectivity index (χ0n) is 10.1. The number of aryl methyl sites for hydroxylation is 1. The SMILES string of the molecule is CCCc1nn(-c2cccc(Cl)c2)c(Cl)c1[N+](=O)[O-]. The van der Waals surface area contributed by atoms with Crippen LogP contribution in [0.25, 0.3) is 5.69 Å². The van der Waals surface area contributed by atoms with Crippen molar-refractivity contribution < 1.29 is 4.92 Å². The number of hydrogen-bond donors (Lipinski definition) is 0. The molecule has 0 aliphatic heterocycles. The number of benzene rings is 1. The van der Waals surface area contributed by atoms with Gasteiger partial charge in [0.2, 0.25) is 5.15 Å². The van der Waals surface area contributed by atoms with Gasteiger partial charge in [0.05, 0.1) is 10.6 Å². The van der Waals surface area contributed by atoms with Gasteiger partial charge in [-0.15, -0.1) is 0 Å². The Morgan fingerprint density at radius 2 is 2.16 bits per heavy atom. The van der Waals surface area contributed by atoms with E-state index < -0.39 is 4.92 Å². The zero-order valence-corrected chi connectivity index (χ0v) is 11.6. The largest absolute Gasteiger partial charge is 0.329 e. The third-order valence-corrected chi connectivity index (χ3v) is 3.17. The predicted molar refractivity (Wildman–Crippen MR) is 74.2 cm³/mol. The van der Waals surface area contributed by atoms with Crippen molar-refractivity contribution in [2.24, 2.45) is 0 Å². The number of nitrogens with zero attached hydrogens (tertiary/aromatic N) is 3. The van der Waals surface area contributed by atoms with Crippen LogP contribution in [0.15, 0.2) is 24.3 Å². The fourth-order valence-electron chi connectivity index (χ4n) is 1.80. The lowest BCUT2D eigenvalue weighted by Crippen LogP contribution is -1.97. The molecule has 0 fully saturated rings. The second kappa shape index (κ2) is 5.59. The zero-order chi connectivity index (χ0) is 14.0. The van der Waals surface area contributed by atoms with Gasteiger partial charge in [-0.2, -0.15) is 5.10 Å². The van der Waals surface area contributed by atoms with Crippen LogP contribution in [0.2, 0.25) is 10.2 Å². The first-order chi connectivity index (χ1) is 9.04. The van der Waals surface area contributed by atoms with Crippen LogP contribution in [0.5, 0.6) is 0 Å². The lowest BCUT2D eigenvalue weighted by molar-refractivity contribution is -0.385. The first-order valence-corrected chi connectivity index (χ1v) is 6.48. The van der Waals surface area contributed by atoms with Crippen molar-refractivity contribution in [2.75, 3.05) is 0 Å². The molecule has 19 heavy (non-hydrogen) atoms. The molecule has 5 nitrogen and oxygen atoms in total. The van der Waals surface area contributed by atoms with Crippen molar-refractivity contribution in [2.45, 2.75) is 19.8 Å². The van der Waals surface area contributed by atoms with Gasteiger partial charge in [0.15, 0.2) is 0 Å². The molecule has 1 aromatic carbocycles. The summed E-state index contributed by atoms with van der Waals surface area (Å²) in [5.74, 6) is 0. The summed E-state index contributed by atoms with van der Waals surface area (Å²) in [6.45, 7) is 1.93. The summed E-state index contributed by atoms with van der Waals surface area (Å²) in [5, 5.41) is 15.8. The molecule has 0 saturated carbocycles. The van der Waals surface area contributed by atoms with Gasteiger partial charge in [-0.1, -0.05) is 42.6 Å². The molecule has 0 saturated heterocycles. The number of nitro groups is 1. The van der Waals surface area contributed by atoms with Crippen molar-refractivity contribution in [3.05, 3.63) is 50.2 Å². The Kier molecular flexibility index (Phi) is 4.07. The van der Waals surface area contributed by atoms with Crippen molar-refractivity contribution in [3.8, 4) is 5.69 Å². The van der Waals surface area contributed by atoms with E-state index in [2.05, 4.69) is 5.10 Å². The average molecular weight is 300 g/mol. The van der Waals surface area contributed by atoms with Crippen molar-refractivity contribution in [1.29, 1.82) is 0 Å². The predicted octanol–water partition coefficient (Wildman–Crippen LogP) is 4.04. The van der Waals surface area contributed by atoms with Gasteiger partial charge < -0.3 is 0 Å². The Hall–Kier alpha value is -1.59. The van der Waals surface area contributed by atoms with Gasteiger partial charge in [0, 0.05) is 5.02 Å². The molecule has 0 N–H and O–H groups in total. The molecule has 7 heteroatoms. The molecule has 0 bridgehead atoms. The molecule has 100 valence electrons. The van der Waals surface area contributed by atoms with Crippen LogP contribution in [-0.2, 0) is 6.42 Å². The number of hydrogen-bond acceptors (Lipinski definition) is 3. The fraction of sp³-hybridized carbons (Fsp3) is 0.250. The molecule has 1 heterocycles. The van der Waals surface area contributed by atoms with E-state index in [0.717, 1.165) is 6.42 Å². The highest BCUT2D eigenvalue weighted by atomic mass is 35.5. The van der Waals surface area contributed by atoms with Crippen LogP contribution < -0.4 is 0 Å². The molecule has 1 aromatic heterocycles. The van der Waals surface area contributed by atoms with E-state index in [4.69, 9.17) is 23.2 Å². The number of rotatable bonds is 4. The Morgan fingerprint density at radius 1 is 1.42 bits per heavy atom. The molecule has 0 aliphatic rings. The van der Waals surface area contributed by atoms with E-state index in [9.17, 15) is 10.1 Å². The van der Waals surface area contributed by atoms with Crippen LogP contribution >= 0.6 is 23.2 Å². The summed E-state index contributed by atoms with van der Waals surface area (Å²) in [4.78, 5) is 10.6. The van der Waals surface area contributed by atoms with Crippen molar-refractivity contribution in [3.63, 3.8) is 0 Å². The standard InChI is InChI=1S/C12H11Cl2N3O2/c1-2-4-10-11(17(18)19)12(14)16(15-10)9-6-3-5-8(13)7-9/h3,5-7H,2,4H2,1H3. The molecular weight excluding hydrogens is 289 g/mol. The summed E-state index contributed by atoms with van der Waals surface area (Å²) in [6, 6.07) is 6.84. The summed E-state index contributed by atoms with van der Waals surface area (Å²) in [5.41, 5.74) is 0.851. The average Bonchev–Trinajstić information content (AvgIpc) is 2.67. The Labute approximate surface area is 119 Å². The lowest BCUT2D eigenvalue weighted by atomic mass is 10.2. The number of aromatic nitrogens is 2. The molecule has 0 amide bonds. The topological polar surface area (TPSA) is 61.0 Å². The molecule has 0 spiro atoms. The summed E-state index contributed by atoms with van der Waals surface area (Å²) >= 11 is 12.0. The van der Waals surface area contributed by atoms with Gasteiger partial charge >= 0.3 is 5.69 Å². The number of halogens is 2. The van der Waals surface area contributed by atoms with Crippen LogP contribution in [0.1, 0.15) is 19.0 Å². The minimum atomic E-state index is -0.499. The van der Waals surface area contributed by atoms with E-state index in [1.54, 1.807) is 24.3 Å². The van der Waals surface area contributed by atoms with Crippen LogP contribution in [-0.4, -0.2) is 14.7 Å². The minimum absolute atomic E-state index is 0.00397. The van der Waals surface area contributed by atoms with Gasteiger partial charge in [-0.3, -0.25) is 10.1 Å². The quantitative estimate of drug-likeness (QED) is 0.632. The van der Waals surface area contributed by atoms with Gasteiger partial charge in [0.25, 0.3) is 0 Å². The molecular formula is C12H11Cl2N3O2.